The zero-order chi connectivity index (χ0) is 18.4. The van der Waals surface area contributed by atoms with Crippen molar-refractivity contribution in [2.45, 2.75) is 61.5 Å². The molecule has 0 saturated heterocycles. The van der Waals surface area contributed by atoms with Crippen LogP contribution in [0.25, 0.3) is 0 Å². The molecule has 0 bridgehead atoms. The first-order valence-electron chi connectivity index (χ1n) is 8.46. The van der Waals surface area contributed by atoms with Gasteiger partial charge in [0.25, 0.3) is 0 Å². The molecule has 0 aliphatic heterocycles. The van der Waals surface area contributed by atoms with Gasteiger partial charge in [-0.3, -0.25) is 0 Å². The molecule has 136 valence electrons. The first kappa shape index (κ1) is 20.6. The van der Waals surface area contributed by atoms with Crippen molar-refractivity contribution in [3.63, 3.8) is 0 Å². The maximum absolute atomic E-state index is 9.58. The maximum atomic E-state index is 9.58. The normalized spacial score (nSPS) is 13.7. The zero-order valence-electron chi connectivity index (χ0n) is 14.5. The van der Waals surface area contributed by atoms with Gasteiger partial charge in [0, 0.05) is 19.8 Å². The van der Waals surface area contributed by atoms with Gasteiger partial charge in [-0.25, -0.2) is 0 Å². The molecule has 0 radical (unpaired) electrons. The number of hydrogen-bond donors (Lipinski definition) is 2. The van der Waals surface area contributed by atoms with Crippen LogP contribution in [0.4, 0.5) is 0 Å². The molecule has 2 aromatic carbocycles. The highest BCUT2D eigenvalue weighted by Crippen LogP contribution is 2.36. The molecule has 2 rings (SSSR count). The summed E-state index contributed by atoms with van der Waals surface area (Å²) in [6, 6.07) is 11.8. The third-order valence-electron chi connectivity index (χ3n) is 3.93. The summed E-state index contributed by atoms with van der Waals surface area (Å²) in [7, 11) is 0. The second kappa shape index (κ2) is 9.84. The van der Waals surface area contributed by atoms with Gasteiger partial charge in [0.05, 0.1) is 12.2 Å². The van der Waals surface area contributed by atoms with Crippen LogP contribution in [-0.2, 0) is 12.8 Å². The number of aliphatic hydroxyl groups is 2. The summed E-state index contributed by atoms with van der Waals surface area (Å²) >= 11 is 14.0. The van der Waals surface area contributed by atoms with E-state index in [1.807, 2.05) is 36.4 Å². The summed E-state index contributed by atoms with van der Waals surface area (Å²) in [5, 5.41) is 20.6. The van der Waals surface area contributed by atoms with Crippen LogP contribution in [0.5, 0.6) is 0 Å². The molecule has 2 atom stereocenters. The van der Waals surface area contributed by atoms with E-state index in [-0.39, 0.29) is 12.2 Å². The molecule has 0 aromatic heterocycles. The Kier molecular flexibility index (Phi) is 8.11. The lowest BCUT2D eigenvalue weighted by Crippen LogP contribution is -2.03. The van der Waals surface area contributed by atoms with E-state index in [9.17, 15) is 10.2 Å². The van der Waals surface area contributed by atoms with Gasteiger partial charge in [0.1, 0.15) is 0 Å². The molecule has 0 aliphatic rings. The molecule has 0 saturated carbocycles. The van der Waals surface area contributed by atoms with E-state index in [1.165, 1.54) is 0 Å². The lowest BCUT2D eigenvalue weighted by molar-refractivity contribution is 0.184. The Hall–Kier alpha value is -0.710. The first-order valence-corrected chi connectivity index (χ1v) is 10.0. The van der Waals surface area contributed by atoms with Crippen molar-refractivity contribution in [2.24, 2.45) is 0 Å². The maximum Gasteiger partial charge on any atom is 0.0515 e. The Bertz CT molecular complexity index is 643. The topological polar surface area (TPSA) is 40.5 Å². The SMILES string of the molecule is C[C@@H](O)CCc1cc(Cl)ccc1Sc1ccc(Cl)cc1CC[C@@H](C)O. The summed E-state index contributed by atoms with van der Waals surface area (Å²) in [6.45, 7) is 3.59. The minimum atomic E-state index is -0.339. The molecule has 2 aromatic rings. The molecule has 0 unspecified atom stereocenters. The average molecular weight is 399 g/mol. The summed E-state index contributed by atoms with van der Waals surface area (Å²) in [5.74, 6) is 0. The highest BCUT2D eigenvalue weighted by atomic mass is 35.5. The van der Waals surface area contributed by atoms with E-state index in [1.54, 1.807) is 25.6 Å². The van der Waals surface area contributed by atoms with Crippen molar-refractivity contribution in [1.29, 1.82) is 0 Å². The number of halogens is 2. The molecule has 0 heterocycles. The number of aliphatic hydroxyl groups excluding tert-OH is 2. The Labute approximate surface area is 164 Å². The zero-order valence-corrected chi connectivity index (χ0v) is 16.8. The van der Waals surface area contributed by atoms with E-state index >= 15 is 0 Å². The highest BCUT2D eigenvalue weighted by molar-refractivity contribution is 7.99. The molecule has 0 aliphatic carbocycles. The van der Waals surface area contributed by atoms with Crippen LogP contribution < -0.4 is 0 Å². The van der Waals surface area contributed by atoms with Crippen LogP contribution in [0.1, 0.15) is 37.8 Å². The summed E-state index contributed by atoms with van der Waals surface area (Å²) in [5.41, 5.74) is 2.27. The van der Waals surface area contributed by atoms with Crippen LogP contribution in [0, 0.1) is 0 Å². The van der Waals surface area contributed by atoms with Gasteiger partial charge in [-0.1, -0.05) is 35.0 Å². The lowest BCUT2D eigenvalue weighted by Gasteiger charge is -2.14. The second-order valence-corrected chi connectivity index (χ2v) is 8.34. The molecular weight excluding hydrogens is 375 g/mol. The molecule has 0 fully saturated rings. The number of benzene rings is 2. The molecule has 2 nitrogen and oxygen atoms in total. The van der Waals surface area contributed by atoms with Crippen LogP contribution in [-0.4, -0.2) is 22.4 Å². The van der Waals surface area contributed by atoms with Gasteiger partial charge in [-0.15, -0.1) is 0 Å². The molecule has 0 amide bonds. The van der Waals surface area contributed by atoms with E-state index in [4.69, 9.17) is 23.2 Å². The number of aryl methyl sites for hydroxylation is 2. The van der Waals surface area contributed by atoms with Gasteiger partial charge in [-0.05, 0) is 87.1 Å². The van der Waals surface area contributed by atoms with Crippen molar-refractivity contribution >= 4 is 35.0 Å². The molecule has 0 spiro atoms. The van der Waals surface area contributed by atoms with Crippen molar-refractivity contribution in [2.75, 3.05) is 0 Å². The fourth-order valence-electron chi connectivity index (χ4n) is 2.53. The molecule has 5 heteroatoms. The predicted molar refractivity (Wildman–Crippen MR) is 107 cm³/mol. The quantitative estimate of drug-likeness (QED) is 0.592. The smallest absolute Gasteiger partial charge is 0.0515 e. The minimum absolute atomic E-state index is 0.339. The van der Waals surface area contributed by atoms with Gasteiger partial charge in [0.15, 0.2) is 0 Å². The molecule has 25 heavy (non-hydrogen) atoms. The summed E-state index contributed by atoms with van der Waals surface area (Å²) < 4.78 is 0. The Balaban J connectivity index is 2.26. The second-order valence-electron chi connectivity index (χ2n) is 6.38. The minimum Gasteiger partial charge on any atom is -0.393 e. The van der Waals surface area contributed by atoms with Crippen molar-refractivity contribution < 1.29 is 10.2 Å². The summed E-state index contributed by atoms with van der Waals surface area (Å²) in [4.78, 5) is 2.26. The van der Waals surface area contributed by atoms with Gasteiger partial charge in [-0.2, -0.15) is 0 Å². The summed E-state index contributed by atoms with van der Waals surface area (Å²) in [6.07, 6.45) is 2.27. The van der Waals surface area contributed by atoms with E-state index in [0.29, 0.717) is 22.9 Å². The molecular formula is C20H24Cl2O2S. The predicted octanol–water partition coefficient (Wildman–Crippen LogP) is 5.77. The number of hydrogen-bond acceptors (Lipinski definition) is 3. The van der Waals surface area contributed by atoms with Crippen LogP contribution >= 0.6 is 35.0 Å². The van der Waals surface area contributed by atoms with Crippen LogP contribution in [0.2, 0.25) is 10.0 Å². The monoisotopic (exact) mass is 398 g/mol. The van der Waals surface area contributed by atoms with E-state index in [0.717, 1.165) is 33.8 Å². The highest BCUT2D eigenvalue weighted by Gasteiger charge is 2.11. The van der Waals surface area contributed by atoms with Crippen molar-refractivity contribution in [3.8, 4) is 0 Å². The fraction of sp³-hybridized carbons (Fsp3) is 0.400. The van der Waals surface area contributed by atoms with Gasteiger partial charge in [0.2, 0.25) is 0 Å². The van der Waals surface area contributed by atoms with Crippen LogP contribution in [0.15, 0.2) is 46.2 Å². The Morgan fingerprint density at radius 3 is 1.56 bits per heavy atom. The largest absolute Gasteiger partial charge is 0.393 e. The molecule has 2 N–H and O–H groups in total. The van der Waals surface area contributed by atoms with Crippen molar-refractivity contribution in [1.82, 2.24) is 0 Å². The van der Waals surface area contributed by atoms with Gasteiger partial charge < -0.3 is 10.2 Å². The Morgan fingerprint density at radius 1 is 0.800 bits per heavy atom. The average Bonchev–Trinajstić information content (AvgIpc) is 2.54. The van der Waals surface area contributed by atoms with Crippen molar-refractivity contribution in [3.05, 3.63) is 57.6 Å². The third-order valence-corrected chi connectivity index (χ3v) is 5.63. The third kappa shape index (κ3) is 6.84. The standard InChI is InChI=1S/C20H24Cl2O2S/c1-13(23)3-5-15-11-17(21)7-9-19(15)25-20-10-8-18(22)12-16(20)6-4-14(2)24/h7-14,23-24H,3-6H2,1-2H3/t13-,14-/m1/s1. The number of rotatable bonds is 8. The van der Waals surface area contributed by atoms with E-state index in [2.05, 4.69) is 0 Å². The first-order chi connectivity index (χ1) is 11.8. The van der Waals surface area contributed by atoms with Gasteiger partial charge >= 0.3 is 0 Å². The van der Waals surface area contributed by atoms with Crippen LogP contribution in [0.3, 0.4) is 0 Å². The fourth-order valence-corrected chi connectivity index (χ4v) is 4.02. The Morgan fingerprint density at radius 2 is 1.20 bits per heavy atom. The lowest BCUT2D eigenvalue weighted by atomic mass is 10.1. The van der Waals surface area contributed by atoms with E-state index < -0.39 is 0 Å².